The van der Waals surface area contributed by atoms with E-state index < -0.39 is 0 Å². The summed E-state index contributed by atoms with van der Waals surface area (Å²) in [5.41, 5.74) is -0.207. The third-order valence-electron chi connectivity index (χ3n) is 7.33. The van der Waals surface area contributed by atoms with Gasteiger partial charge in [-0.15, -0.1) is 11.8 Å². The molecular formula is C20H24N2O5S2. The van der Waals surface area contributed by atoms with Gasteiger partial charge in [0, 0.05) is 22.1 Å². The summed E-state index contributed by atoms with van der Waals surface area (Å²) < 4.78 is 4.94. The number of aromatic nitrogens is 1. The zero-order valence-electron chi connectivity index (χ0n) is 16.6. The molecule has 1 saturated heterocycles. The number of nitrogens with one attached hydrogen (secondary N) is 1. The topological polar surface area (TPSA) is 96.5 Å². The molecule has 1 aromatic heterocycles. The first kappa shape index (κ1) is 19.4. The molecule has 9 heteroatoms. The molecular weight excluding hydrogens is 412 g/mol. The highest BCUT2D eigenvalue weighted by Gasteiger charge is 2.70. The molecule has 156 valence electrons. The van der Waals surface area contributed by atoms with Crippen molar-refractivity contribution in [1.29, 1.82) is 0 Å². The maximum Gasteiger partial charge on any atom is 0.307 e. The summed E-state index contributed by atoms with van der Waals surface area (Å²) in [4.78, 5) is 55.3. The van der Waals surface area contributed by atoms with E-state index in [0.29, 0.717) is 0 Å². The lowest BCUT2D eigenvalue weighted by molar-refractivity contribution is -0.145. The minimum absolute atomic E-state index is 0.0413. The molecule has 0 spiro atoms. The number of carbonyl (C=O) groups excluding carboxylic acids is 3. The quantitative estimate of drug-likeness (QED) is 0.573. The van der Waals surface area contributed by atoms with E-state index in [9.17, 15) is 19.2 Å². The van der Waals surface area contributed by atoms with Gasteiger partial charge in [0.15, 0.2) is 0 Å². The van der Waals surface area contributed by atoms with Gasteiger partial charge in [-0.1, -0.05) is 25.2 Å². The Bertz CT molecular complexity index is 966. The Labute approximate surface area is 176 Å². The number of aromatic amines is 1. The molecule has 3 heterocycles. The van der Waals surface area contributed by atoms with Gasteiger partial charge >= 0.3 is 10.8 Å². The highest BCUT2D eigenvalue weighted by molar-refractivity contribution is 8.00. The van der Waals surface area contributed by atoms with Crippen LogP contribution in [0.4, 0.5) is 0 Å². The number of fused-ring (bicyclic) bond motifs is 9. The third kappa shape index (κ3) is 2.55. The first-order valence-corrected chi connectivity index (χ1v) is 11.9. The van der Waals surface area contributed by atoms with Crippen molar-refractivity contribution in [3.63, 3.8) is 0 Å². The lowest BCUT2D eigenvalue weighted by Gasteiger charge is -2.47. The van der Waals surface area contributed by atoms with Gasteiger partial charge < -0.3 is 9.72 Å². The van der Waals surface area contributed by atoms with Gasteiger partial charge in [0.2, 0.25) is 11.8 Å². The second-order valence-electron chi connectivity index (χ2n) is 9.00. The Morgan fingerprint density at radius 1 is 1.21 bits per heavy atom. The van der Waals surface area contributed by atoms with Gasteiger partial charge in [-0.05, 0) is 31.1 Å². The number of esters is 1. The molecule has 2 aliphatic heterocycles. The normalized spacial score (nSPS) is 36.2. The SMILES string of the molecule is CCOC(=O)CCN1C(=O)[C@@H]2[C@H]3C[C@H]([C@H]4Sc5[nH]c(=O)sc5C(C)(C)[C@H]34)[C@@H]2C1=O. The fourth-order valence-corrected chi connectivity index (χ4v) is 9.53. The number of imide groups is 1. The molecule has 0 aromatic carbocycles. The minimum Gasteiger partial charge on any atom is -0.466 e. The predicted molar refractivity (Wildman–Crippen MR) is 108 cm³/mol. The maximum absolute atomic E-state index is 13.2. The van der Waals surface area contributed by atoms with Gasteiger partial charge in [0.25, 0.3) is 0 Å². The summed E-state index contributed by atoms with van der Waals surface area (Å²) >= 11 is 2.96. The minimum atomic E-state index is -0.383. The number of hydrogen-bond acceptors (Lipinski definition) is 7. The van der Waals surface area contributed by atoms with Gasteiger partial charge in [-0.25, -0.2) is 0 Å². The Balaban J connectivity index is 1.43. The Hall–Kier alpha value is -1.61. The molecule has 1 N–H and O–H groups in total. The molecule has 0 unspecified atom stereocenters. The van der Waals surface area contributed by atoms with Crippen LogP contribution in [0.2, 0.25) is 0 Å². The largest absolute Gasteiger partial charge is 0.466 e. The second-order valence-corrected chi connectivity index (χ2v) is 11.2. The number of ether oxygens (including phenoxy) is 1. The van der Waals surface area contributed by atoms with Crippen LogP contribution in [-0.2, 0) is 24.5 Å². The first-order valence-electron chi connectivity index (χ1n) is 10.2. The number of carbonyl (C=O) groups is 3. The van der Waals surface area contributed by atoms with E-state index in [2.05, 4.69) is 18.8 Å². The van der Waals surface area contributed by atoms with Crippen LogP contribution in [0.25, 0.3) is 0 Å². The van der Waals surface area contributed by atoms with Crippen LogP contribution >= 0.6 is 23.1 Å². The lowest BCUT2D eigenvalue weighted by Crippen LogP contribution is -2.48. The molecule has 5 rings (SSSR count). The Morgan fingerprint density at radius 3 is 2.59 bits per heavy atom. The van der Waals surface area contributed by atoms with Crippen molar-refractivity contribution >= 4 is 40.9 Å². The smallest absolute Gasteiger partial charge is 0.307 e. The molecule has 2 saturated carbocycles. The summed E-state index contributed by atoms with van der Waals surface area (Å²) in [7, 11) is 0. The summed E-state index contributed by atoms with van der Waals surface area (Å²) in [6, 6.07) is 0. The van der Waals surface area contributed by atoms with Crippen molar-refractivity contribution in [2.75, 3.05) is 13.2 Å². The van der Waals surface area contributed by atoms with E-state index in [1.165, 1.54) is 16.2 Å². The van der Waals surface area contributed by atoms with E-state index in [4.69, 9.17) is 4.74 Å². The molecule has 7 nitrogen and oxygen atoms in total. The fourth-order valence-electron chi connectivity index (χ4n) is 6.37. The average Bonchev–Trinajstić information content (AvgIpc) is 3.36. The zero-order chi connectivity index (χ0) is 20.7. The number of nitrogens with zero attached hydrogens (tertiary/aromatic N) is 1. The number of H-pyrrole nitrogens is 1. The molecule has 1 aromatic rings. The van der Waals surface area contributed by atoms with Gasteiger partial charge in [-0.2, -0.15) is 0 Å². The predicted octanol–water partition coefficient (Wildman–Crippen LogP) is 2.01. The number of amides is 2. The monoisotopic (exact) mass is 436 g/mol. The van der Waals surface area contributed by atoms with E-state index in [1.807, 2.05) is 0 Å². The fraction of sp³-hybridized carbons (Fsp3) is 0.700. The van der Waals surface area contributed by atoms with Crippen molar-refractivity contribution in [2.24, 2.45) is 29.6 Å². The number of thioether (sulfide) groups is 1. The van der Waals surface area contributed by atoms with E-state index in [1.54, 1.807) is 18.7 Å². The van der Waals surface area contributed by atoms with Crippen LogP contribution in [0.3, 0.4) is 0 Å². The maximum atomic E-state index is 13.2. The molecule has 3 fully saturated rings. The van der Waals surface area contributed by atoms with Gasteiger partial charge in [0.05, 0.1) is 29.9 Å². The summed E-state index contributed by atoms with van der Waals surface area (Å²) in [6.45, 7) is 6.47. The van der Waals surface area contributed by atoms with Crippen LogP contribution in [0, 0.1) is 29.6 Å². The molecule has 4 aliphatic rings. The van der Waals surface area contributed by atoms with Gasteiger partial charge in [-0.3, -0.25) is 24.1 Å². The average molecular weight is 437 g/mol. The number of hydrogen-bond donors (Lipinski definition) is 1. The van der Waals surface area contributed by atoms with Crippen molar-refractivity contribution in [3.8, 4) is 0 Å². The van der Waals surface area contributed by atoms with Crippen LogP contribution in [-0.4, -0.2) is 46.1 Å². The summed E-state index contributed by atoms with van der Waals surface area (Å²) in [6.07, 6.45) is 0.940. The van der Waals surface area contributed by atoms with Crippen LogP contribution < -0.4 is 4.87 Å². The molecule has 0 radical (unpaired) electrons. The molecule has 2 aliphatic carbocycles. The number of rotatable bonds is 4. The zero-order valence-corrected chi connectivity index (χ0v) is 18.2. The van der Waals surface area contributed by atoms with Crippen LogP contribution in [0.1, 0.15) is 38.5 Å². The third-order valence-corrected chi connectivity index (χ3v) is 10.1. The van der Waals surface area contributed by atoms with E-state index >= 15 is 0 Å². The Morgan fingerprint density at radius 2 is 1.90 bits per heavy atom. The van der Waals surface area contributed by atoms with Crippen molar-refractivity contribution in [2.45, 2.75) is 49.3 Å². The van der Waals surface area contributed by atoms with Crippen LogP contribution in [0.15, 0.2) is 9.82 Å². The molecule has 2 bridgehead atoms. The van der Waals surface area contributed by atoms with Crippen molar-refractivity contribution < 1.29 is 19.1 Å². The number of likely N-dealkylation sites (tertiary alicyclic amines) is 1. The Kier molecular flexibility index (Phi) is 4.30. The molecule has 6 atom stereocenters. The van der Waals surface area contributed by atoms with Crippen LogP contribution in [0.5, 0.6) is 0 Å². The molecule has 2 amide bonds. The van der Waals surface area contributed by atoms with E-state index in [-0.39, 0.29) is 82.5 Å². The standard InChI is InChI=1S/C20H24N2O5S2/c1-4-27-10(23)5-6-22-17(24)11-8-7-9(12(11)18(22)25)14-13(8)20(2,3)15-16(28-14)21-19(26)29-15/h8-9,11-14H,4-7H2,1-3H3,(H,21,26)/t8-,9+,11-,12+,13-,14-/m1/s1. The second kappa shape index (κ2) is 6.44. The van der Waals surface area contributed by atoms with Gasteiger partial charge in [0.1, 0.15) is 0 Å². The summed E-state index contributed by atoms with van der Waals surface area (Å²) in [5.74, 6) is -0.653. The van der Waals surface area contributed by atoms with Crippen molar-refractivity contribution in [1.82, 2.24) is 9.88 Å². The highest BCUT2D eigenvalue weighted by atomic mass is 32.2. The highest BCUT2D eigenvalue weighted by Crippen LogP contribution is 2.68. The lowest BCUT2D eigenvalue weighted by atomic mass is 9.64. The summed E-state index contributed by atoms with van der Waals surface area (Å²) in [5, 5.41) is 1.17. The van der Waals surface area contributed by atoms with E-state index in [0.717, 1.165) is 16.3 Å². The first-order chi connectivity index (χ1) is 13.8. The number of thiazole rings is 1. The molecule has 29 heavy (non-hydrogen) atoms. The van der Waals surface area contributed by atoms with Crippen molar-refractivity contribution in [3.05, 3.63) is 14.5 Å².